The molecule has 0 aromatic heterocycles. The fourth-order valence-corrected chi connectivity index (χ4v) is 5.97. The highest BCUT2D eigenvalue weighted by Gasteiger charge is 2.43. The van der Waals surface area contributed by atoms with Crippen LogP contribution in [0.4, 0.5) is 0 Å². The Balaban J connectivity index is 2.33. The summed E-state index contributed by atoms with van der Waals surface area (Å²) in [5, 5.41) is 42.8. The average Bonchev–Trinajstić information content (AvgIpc) is 2.86. The van der Waals surface area contributed by atoms with Crippen molar-refractivity contribution in [3.05, 3.63) is 92.0 Å². The number of aliphatic carboxylic acids is 2. The minimum absolute atomic E-state index is 0.0942. The topological polar surface area (TPSA) is 115 Å². The second-order valence-electron chi connectivity index (χ2n) is 13.9. The first-order valence-electron chi connectivity index (χ1n) is 14.4. The molecule has 4 N–H and O–H groups in total. The van der Waals surface area contributed by atoms with Gasteiger partial charge in [0.15, 0.2) is 0 Å². The van der Waals surface area contributed by atoms with E-state index in [4.69, 9.17) is 0 Å². The minimum Gasteiger partial charge on any atom is -0.507 e. The number of hydrogen-bond acceptors (Lipinski definition) is 4. The lowest BCUT2D eigenvalue weighted by Gasteiger charge is -2.34. The molecule has 0 aliphatic carbocycles. The molecular formula is C36H46O6. The Hall–Kier alpha value is -3.80. The molecule has 3 rings (SSSR count). The van der Waals surface area contributed by atoms with E-state index in [1.165, 1.54) is 0 Å². The molecule has 0 bridgehead atoms. The zero-order chi connectivity index (χ0) is 31.9. The second kappa shape index (κ2) is 11.5. The van der Waals surface area contributed by atoms with Crippen LogP contribution in [-0.4, -0.2) is 32.4 Å². The number of aromatic hydroxyl groups is 2. The molecule has 6 heteroatoms. The van der Waals surface area contributed by atoms with Gasteiger partial charge in [0.25, 0.3) is 0 Å². The summed E-state index contributed by atoms with van der Waals surface area (Å²) >= 11 is 0. The lowest BCUT2D eigenvalue weighted by molar-refractivity contribution is -0.144. The zero-order valence-electron chi connectivity index (χ0n) is 26.7. The highest BCUT2D eigenvalue weighted by Crippen LogP contribution is 2.43. The number of carboxylic acids is 2. The Labute approximate surface area is 250 Å². The van der Waals surface area contributed by atoms with Gasteiger partial charge in [-0.1, -0.05) is 77.9 Å². The van der Waals surface area contributed by atoms with Gasteiger partial charge in [0.1, 0.15) is 16.9 Å². The van der Waals surface area contributed by atoms with E-state index in [1.54, 1.807) is 24.3 Å². The Morgan fingerprint density at radius 1 is 0.667 bits per heavy atom. The van der Waals surface area contributed by atoms with E-state index < -0.39 is 17.4 Å². The molecule has 3 aromatic rings. The number of phenols is 2. The summed E-state index contributed by atoms with van der Waals surface area (Å²) in [4.78, 5) is 24.9. The molecule has 0 spiro atoms. The number of carboxylic acid groups (broad SMARTS) is 2. The largest absolute Gasteiger partial charge is 0.507 e. The monoisotopic (exact) mass is 574 g/mol. The molecule has 3 aromatic carbocycles. The average molecular weight is 575 g/mol. The number of carbonyl (C=O) groups is 2. The summed E-state index contributed by atoms with van der Waals surface area (Å²) in [6.45, 7) is 19.7. The third-order valence-corrected chi connectivity index (χ3v) is 8.64. The van der Waals surface area contributed by atoms with E-state index in [-0.39, 0.29) is 41.6 Å². The Bertz CT molecular complexity index is 1440. The zero-order valence-corrected chi connectivity index (χ0v) is 26.7. The molecule has 0 heterocycles. The number of aryl methyl sites for hydroxylation is 2. The molecule has 6 nitrogen and oxygen atoms in total. The molecule has 0 saturated carbocycles. The molecule has 0 aliphatic rings. The van der Waals surface area contributed by atoms with Gasteiger partial charge in [-0.25, -0.2) is 0 Å². The molecule has 0 saturated heterocycles. The van der Waals surface area contributed by atoms with Crippen LogP contribution in [0.5, 0.6) is 11.5 Å². The molecule has 0 amide bonds. The van der Waals surface area contributed by atoms with Crippen LogP contribution in [0.3, 0.4) is 0 Å². The number of phenolic OH excluding ortho intramolecular Hbond substituents is 2. The summed E-state index contributed by atoms with van der Waals surface area (Å²) in [5.74, 6) is -1.67. The molecule has 0 unspecified atom stereocenters. The molecule has 0 radical (unpaired) electrons. The molecule has 226 valence electrons. The predicted molar refractivity (Wildman–Crippen MR) is 167 cm³/mol. The van der Waals surface area contributed by atoms with Crippen LogP contribution in [0.15, 0.2) is 36.4 Å². The van der Waals surface area contributed by atoms with Gasteiger partial charge in [-0.2, -0.15) is 0 Å². The number of benzene rings is 3. The van der Waals surface area contributed by atoms with E-state index in [0.29, 0.717) is 22.3 Å². The van der Waals surface area contributed by atoms with Gasteiger partial charge in [0.2, 0.25) is 0 Å². The van der Waals surface area contributed by atoms with E-state index >= 15 is 0 Å². The summed E-state index contributed by atoms with van der Waals surface area (Å²) < 4.78 is 0. The standard InChI is InChI=1S/C36H46O6/c1-20-15-28(34(5,6)7)31(39)22(3)26(20)18-36(33(41)42,25-13-11-24(12-14-25)17-30(37)38)19-27-21(2)16-29(35(8,9)10)32(40)23(27)4/h11-16,39-40H,17-19H2,1-10H3,(H,37,38)(H,41,42). The van der Waals surface area contributed by atoms with Gasteiger partial charge >= 0.3 is 11.9 Å². The van der Waals surface area contributed by atoms with Gasteiger partial charge in [-0.05, 0) is 107 Å². The molecule has 0 aliphatic heterocycles. The van der Waals surface area contributed by atoms with Crippen molar-refractivity contribution in [1.29, 1.82) is 0 Å². The SMILES string of the molecule is Cc1cc(C(C)(C)C)c(O)c(C)c1CC(Cc1c(C)cc(C(C)(C)C)c(O)c1C)(C(=O)O)c1ccc(CC(=O)O)cc1. The van der Waals surface area contributed by atoms with Gasteiger partial charge in [0, 0.05) is 0 Å². The summed E-state index contributed by atoms with van der Waals surface area (Å²) in [6, 6.07) is 10.6. The summed E-state index contributed by atoms with van der Waals surface area (Å²) in [5.41, 5.74) is 5.20. The predicted octanol–water partition coefficient (Wildman–Crippen LogP) is 7.36. The maximum absolute atomic E-state index is 13.5. The van der Waals surface area contributed by atoms with Crippen LogP contribution in [0, 0.1) is 27.7 Å². The number of hydrogen-bond donors (Lipinski definition) is 4. The first kappa shape index (κ1) is 32.7. The lowest BCUT2D eigenvalue weighted by atomic mass is 9.68. The molecular weight excluding hydrogens is 528 g/mol. The Morgan fingerprint density at radius 3 is 1.36 bits per heavy atom. The van der Waals surface area contributed by atoms with Gasteiger partial charge in [0.05, 0.1) is 6.42 Å². The molecule has 0 atom stereocenters. The van der Waals surface area contributed by atoms with Crippen molar-refractivity contribution >= 4 is 11.9 Å². The van der Waals surface area contributed by atoms with Crippen LogP contribution in [-0.2, 0) is 45.1 Å². The van der Waals surface area contributed by atoms with Gasteiger partial charge in [-0.3, -0.25) is 9.59 Å². The number of rotatable bonds is 8. The highest BCUT2D eigenvalue weighted by atomic mass is 16.4. The lowest BCUT2D eigenvalue weighted by Crippen LogP contribution is -2.41. The van der Waals surface area contributed by atoms with Gasteiger partial charge in [-0.15, -0.1) is 0 Å². The summed E-state index contributed by atoms with van der Waals surface area (Å²) in [6.07, 6.45) is 0.0227. The van der Waals surface area contributed by atoms with E-state index in [0.717, 1.165) is 33.4 Å². The van der Waals surface area contributed by atoms with Crippen molar-refractivity contribution in [2.75, 3.05) is 0 Å². The normalized spacial score (nSPS) is 12.4. The van der Waals surface area contributed by atoms with Crippen LogP contribution < -0.4 is 0 Å². The van der Waals surface area contributed by atoms with E-state index in [1.807, 2.05) is 81.4 Å². The van der Waals surface area contributed by atoms with Crippen molar-refractivity contribution < 1.29 is 30.0 Å². The van der Waals surface area contributed by atoms with Gasteiger partial charge < -0.3 is 20.4 Å². The van der Waals surface area contributed by atoms with Crippen LogP contribution in [0.25, 0.3) is 0 Å². The van der Waals surface area contributed by atoms with Crippen molar-refractivity contribution in [2.45, 2.75) is 105 Å². The third kappa shape index (κ3) is 6.33. The van der Waals surface area contributed by atoms with Crippen LogP contribution in [0.2, 0.25) is 0 Å². The van der Waals surface area contributed by atoms with Crippen molar-refractivity contribution in [3.8, 4) is 11.5 Å². The van der Waals surface area contributed by atoms with Crippen molar-refractivity contribution in [1.82, 2.24) is 0 Å². The molecule has 0 fully saturated rings. The fourth-order valence-electron chi connectivity index (χ4n) is 5.97. The van der Waals surface area contributed by atoms with Crippen molar-refractivity contribution in [2.24, 2.45) is 0 Å². The highest BCUT2D eigenvalue weighted by molar-refractivity contribution is 5.83. The Morgan fingerprint density at radius 2 is 1.05 bits per heavy atom. The Kier molecular flexibility index (Phi) is 8.93. The van der Waals surface area contributed by atoms with Crippen LogP contribution >= 0.6 is 0 Å². The maximum atomic E-state index is 13.5. The molecule has 42 heavy (non-hydrogen) atoms. The fraction of sp³-hybridized carbons (Fsp3) is 0.444. The smallest absolute Gasteiger partial charge is 0.314 e. The van der Waals surface area contributed by atoms with Crippen molar-refractivity contribution in [3.63, 3.8) is 0 Å². The summed E-state index contributed by atoms with van der Waals surface area (Å²) in [7, 11) is 0. The first-order chi connectivity index (χ1) is 19.2. The quantitative estimate of drug-likeness (QED) is 0.223. The van der Waals surface area contributed by atoms with E-state index in [9.17, 15) is 30.0 Å². The van der Waals surface area contributed by atoms with E-state index in [2.05, 4.69) is 0 Å². The van der Waals surface area contributed by atoms with Crippen LogP contribution in [0.1, 0.15) is 97.2 Å². The third-order valence-electron chi connectivity index (χ3n) is 8.64. The minimum atomic E-state index is -1.47. The second-order valence-corrected chi connectivity index (χ2v) is 13.9. The maximum Gasteiger partial charge on any atom is 0.314 e. The first-order valence-corrected chi connectivity index (χ1v) is 14.4.